The first-order chi connectivity index (χ1) is 17.8. The van der Waals surface area contributed by atoms with Crippen molar-refractivity contribution in [2.75, 3.05) is 19.0 Å². The molecule has 0 spiro atoms. The van der Waals surface area contributed by atoms with Crippen LogP contribution in [0.5, 0.6) is 0 Å². The Hall–Kier alpha value is -2.45. The number of aliphatic hydroxyl groups excluding tert-OH is 1. The molecule has 1 fully saturated rings. The Balaban J connectivity index is 1.33. The van der Waals surface area contributed by atoms with E-state index in [1.807, 2.05) is 29.6 Å². The minimum absolute atomic E-state index is 0.212. The third-order valence-electron chi connectivity index (χ3n) is 6.49. The summed E-state index contributed by atoms with van der Waals surface area (Å²) >= 11 is 7.70. The van der Waals surface area contributed by atoms with Gasteiger partial charge in [0, 0.05) is 24.3 Å². The Bertz CT molecular complexity index is 1420. The van der Waals surface area contributed by atoms with Crippen molar-refractivity contribution in [3.8, 4) is 0 Å². The number of thiophene rings is 1. The van der Waals surface area contributed by atoms with E-state index in [0.717, 1.165) is 23.1 Å². The fourth-order valence-corrected chi connectivity index (χ4v) is 6.46. The molecule has 3 N–H and O–H groups in total. The third-order valence-corrected chi connectivity index (χ3v) is 8.79. The normalized spacial score (nSPS) is 23.5. The van der Waals surface area contributed by atoms with Gasteiger partial charge in [-0.1, -0.05) is 23.7 Å². The fourth-order valence-electron chi connectivity index (χ4n) is 4.68. The molecule has 0 amide bonds. The van der Waals surface area contributed by atoms with E-state index in [-0.39, 0.29) is 36.3 Å². The van der Waals surface area contributed by atoms with E-state index in [1.54, 1.807) is 0 Å². The summed E-state index contributed by atoms with van der Waals surface area (Å²) in [4.78, 5) is 22.2. The SMILES string of the molecule is CNS(=O)(=O)O[C@@H]1C[C@H](Nc2ncncc2C(=O)c2cc([C@H]3OCCc4c(Cl)cccc43)cs2)C[C@@H]1O. The first kappa shape index (κ1) is 26.2. The molecule has 4 atom stereocenters. The molecule has 2 aliphatic rings. The second kappa shape index (κ2) is 10.7. The second-order valence-electron chi connectivity index (χ2n) is 8.84. The van der Waals surface area contributed by atoms with Crippen LogP contribution in [0.3, 0.4) is 0 Å². The van der Waals surface area contributed by atoms with Gasteiger partial charge in [0.15, 0.2) is 0 Å². The summed E-state index contributed by atoms with van der Waals surface area (Å²) in [5.41, 5.74) is 3.20. The largest absolute Gasteiger partial charge is 0.390 e. The van der Waals surface area contributed by atoms with E-state index >= 15 is 0 Å². The molecule has 0 unspecified atom stereocenters. The zero-order valence-corrected chi connectivity index (χ0v) is 22.1. The van der Waals surface area contributed by atoms with Crippen molar-refractivity contribution >= 4 is 44.8 Å². The highest BCUT2D eigenvalue weighted by molar-refractivity contribution is 7.84. The first-order valence-electron chi connectivity index (χ1n) is 11.6. The number of aliphatic hydroxyl groups is 1. The van der Waals surface area contributed by atoms with E-state index in [2.05, 4.69) is 20.0 Å². The number of fused-ring (bicyclic) bond motifs is 1. The Morgan fingerprint density at radius 1 is 1.32 bits per heavy atom. The Morgan fingerprint density at radius 3 is 2.97 bits per heavy atom. The number of nitrogens with zero attached hydrogens (tertiary/aromatic N) is 2. The lowest BCUT2D eigenvalue weighted by molar-refractivity contribution is 0.0636. The maximum Gasteiger partial charge on any atom is 0.335 e. The van der Waals surface area contributed by atoms with Crippen LogP contribution in [0.1, 0.15) is 50.9 Å². The number of nitrogens with one attached hydrogen (secondary N) is 2. The van der Waals surface area contributed by atoms with Crippen LogP contribution in [-0.4, -0.2) is 61.2 Å². The van der Waals surface area contributed by atoms with Gasteiger partial charge in [-0.25, -0.2) is 9.97 Å². The molecule has 1 aliphatic carbocycles. The van der Waals surface area contributed by atoms with Crippen LogP contribution in [0.4, 0.5) is 5.82 Å². The topological polar surface area (TPSA) is 140 Å². The summed E-state index contributed by atoms with van der Waals surface area (Å²) in [5, 5.41) is 16.1. The van der Waals surface area contributed by atoms with Gasteiger partial charge in [-0.2, -0.15) is 13.1 Å². The molecule has 1 aliphatic heterocycles. The lowest BCUT2D eigenvalue weighted by Gasteiger charge is -2.26. The van der Waals surface area contributed by atoms with Gasteiger partial charge in [0.25, 0.3) is 0 Å². The summed E-state index contributed by atoms with van der Waals surface area (Å²) in [6.07, 6.45) is 1.72. The summed E-state index contributed by atoms with van der Waals surface area (Å²) < 4.78 is 36.6. The monoisotopic (exact) mass is 564 g/mol. The molecule has 3 aromatic rings. The maximum atomic E-state index is 13.5. The number of ketones is 1. The number of rotatable bonds is 8. The van der Waals surface area contributed by atoms with Gasteiger partial charge >= 0.3 is 10.3 Å². The molecule has 37 heavy (non-hydrogen) atoms. The highest BCUT2D eigenvalue weighted by Crippen LogP contribution is 2.38. The van der Waals surface area contributed by atoms with Crippen LogP contribution in [0.25, 0.3) is 0 Å². The smallest absolute Gasteiger partial charge is 0.335 e. The number of carbonyl (C=O) groups is 1. The lowest BCUT2D eigenvalue weighted by Crippen LogP contribution is -2.31. The van der Waals surface area contributed by atoms with E-state index in [0.29, 0.717) is 22.3 Å². The van der Waals surface area contributed by atoms with Crippen LogP contribution in [-0.2, 0) is 25.6 Å². The average Bonchev–Trinajstić information content (AvgIpc) is 3.50. The van der Waals surface area contributed by atoms with Crippen molar-refractivity contribution in [1.82, 2.24) is 14.7 Å². The van der Waals surface area contributed by atoms with Crippen molar-refractivity contribution in [2.24, 2.45) is 0 Å². The number of ether oxygens (including phenoxy) is 1. The number of hydrogen-bond acceptors (Lipinski definition) is 10. The molecule has 5 rings (SSSR count). The quantitative estimate of drug-likeness (QED) is 0.352. The van der Waals surface area contributed by atoms with E-state index in [9.17, 15) is 18.3 Å². The molecule has 0 radical (unpaired) electrons. The van der Waals surface area contributed by atoms with Crippen molar-refractivity contribution in [2.45, 2.75) is 43.6 Å². The molecule has 196 valence electrons. The van der Waals surface area contributed by atoms with Crippen LogP contribution in [0, 0.1) is 0 Å². The van der Waals surface area contributed by atoms with E-state index in [1.165, 1.54) is 30.9 Å². The van der Waals surface area contributed by atoms with E-state index in [4.69, 9.17) is 20.5 Å². The molecule has 1 aromatic carbocycles. The number of hydrogen-bond donors (Lipinski definition) is 3. The number of aromatic nitrogens is 2. The van der Waals surface area contributed by atoms with Crippen LogP contribution >= 0.6 is 22.9 Å². The minimum Gasteiger partial charge on any atom is -0.390 e. The molecular weight excluding hydrogens is 540 g/mol. The molecular formula is C24H25ClN4O6S2. The zero-order chi connectivity index (χ0) is 26.2. The van der Waals surface area contributed by atoms with Gasteiger partial charge in [0.05, 0.1) is 23.2 Å². The number of benzene rings is 1. The molecule has 0 saturated heterocycles. The summed E-state index contributed by atoms with van der Waals surface area (Å²) in [5.74, 6) is 0.0425. The Labute approximate surface area is 223 Å². The highest BCUT2D eigenvalue weighted by Gasteiger charge is 2.37. The van der Waals surface area contributed by atoms with Crippen molar-refractivity contribution in [3.63, 3.8) is 0 Å². The molecule has 2 aromatic heterocycles. The standard InChI is InChI=1S/C24H25ClN4O6S2/c1-26-37(32,33)35-20-9-14(8-19(20)30)29-24-17(10-27-12-28-24)22(31)21-7-13(11-36-21)23-16-3-2-4-18(25)15(16)5-6-34-23/h2-4,7,10-12,14,19-20,23,26,30H,5-6,8-9H2,1H3,(H,27,28,29)/t14-,19+,20-,23-/m1/s1. The van der Waals surface area contributed by atoms with Crippen LogP contribution in [0.2, 0.25) is 5.02 Å². The van der Waals surface area contributed by atoms with Gasteiger partial charge < -0.3 is 15.2 Å². The molecule has 0 bridgehead atoms. The van der Waals surface area contributed by atoms with Crippen molar-refractivity contribution in [3.05, 3.63) is 74.3 Å². The number of carbonyl (C=O) groups excluding carboxylic acids is 1. The predicted octanol–water partition coefficient (Wildman–Crippen LogP) is 2.87. The number of halogens is 1. The minimum atomic E-state index is -3.95. The van der Waals surface area contributed by atoms with E-state index < -0.39 is 22.5 Å². The van der Waals surface area contributed by atoms with Crippen molar-refractivity contribution in [1.29, 1.82) is 0 Å². The van der Waals surface area contributed by atoms with Gasteiger partial charge in [0.1, 0.15) is 24.4 Å². The number of anilines is 1. The summed E-state index contributed by atoms with van der Waals surface area (Å²) in [7, 11) is -2.72. The molecule has 13 heteroatoms. The molecule has 10 nitrogen and oxygen atoms in total. The molecule has 3 heterocycles. The van der Waals surface area contributed by atoms with Crippen LogP contribution in [0.15, 0.2) is 42.2 Å². The van der Waals surface area contributed by atoms with Gasteiger partial charge in [-0.05, 0) is 53.5 Å². The van der Waals surface area contributed by atoms with Gasteiger partial charge in [-0.15, -0.1) is 11.3 Å². The van der Waals surface area contributed by atoms with Crippen molar-refractivity contribution < 1.29 is 27.2 Å². The summed E-state index contributed by atoms with van der Waals surface area (Å²) in [6, 6.07) is 7.21. The molecule has 1 saturated carbocycles. The first-order valence-corrected chi connectivity index (χ1v) is 14.3. The maximum absolute atomic E-state index is 13.5. The Morgan fingerprint density at radius 2 is 2.16 bits per heavy atom. The zero-order valence-electron chi connectivity index (χ0n) is 19.8. The highest BCUT2D eigenvalue weighted by atomic mass is 35.5. The van der Waals surface area contributed by atoms with Gasteiger partial charge in [-0.3, -0.25) is 8.98 Å². The lowest BCUT2D eigenvalue weighted by atomic mass is 9.94. The Kier molecular flexibility index (Phi) is 7.59. The predicted molar refractivity (Wildman–Crippen MR) is 138 cm³/mol. The third kappa shape index (κ3) is 5.55. The van der Waals surface area contributed by atoms with Gasteiger partial charge in [0.2, 0.25) is 5.78 Å². The average molecular weight is 565 g/mol. The van der Waals surface area contributed by atoms with Crippen LogP contribution < -0.4 is 10.0 Å². The fraction of sp³-hybridized carbons (Fsp3) is 0.375. The summed E-state index contributed by atoms with van der Waals surface area (Å²) in [6.45, 7) is 0.536. The second-order valence-corrected chi connectivity index (χ2v) is 11.7.